The molecule has 1 N–H and O–H groups in total. The van der Waals surface area contributed by atoms with Crippen LogP contribution in [-0.4, -0.2) is 18.1 Å². The number of nitrogens with zero attached hydrogens (tertiary/aromatic N) is 1. The van der Waals surface area contributed by atoms with Gasteiger partial charge < -0.3 is 10.0 Å². The number of aliphatic hydroxyl groups excluding tert-OH is 1. The predicted octanol–water partition coefficient (Wildman–Crippen LogP) is 2.68. The summed E-state index contributed by atoms with van der Waals surface area (Å²) in [5, 5.41) is 10.6. The average molecular weight is 259 g/mol. The van der Waals surface area contributed by atoms with Crippen LogP contribution < -0.4 is 4.90 Å². The maximum absolute atomic E-state index is 11.7. The molecule has 0 bridgehead atoms. The van der Waals surface area contributed by atoms with Crippen LogP contribution in [0.15, 0.2) is 18.2 Å². The van der Waals surface area contributed by atoms with Crippen LogP contribution in [0.2, 0.25) is 0 Å². The molecule has 0 saturated heterocycles. The topological polar surface area (TPSA) is 40.5 Å². The van der Waals surface area contributed by atoms with E-state index < -0.39 is 0 Å². The van der Waals surface area contributed by atoms with Crippen LogP contribution in [0.25, 0.3) is 0 Å². The van der Waals surface area contributed by atoms with E-state index in [2.05, 4.69) is 6.92 Å². The largest absolute Gasteiger partial charge is 0.388 e. The number of aliphatic hydroxyl groups is 1. The van der Waals surface area contributed by atoms with E-state index in [9.17, 15) is 9.90 Å². The number of likely N-dealkylation sites (N-methyl/N-ethyl adjacent to an activating group) is 1. The molecule has 1 aliphatic heterocycles. The van der Waals surface area contributed by atoms with Gasteiger partial charge in [-0.05, 0) is 35.4 Å². The number of anilines is 1. The van der Waals surface area contributed by atoms with Crippen LogP contribution in [0, 0.1) is 11.8 Å². The zero-order chi connectivity index (χ0) is 13.6. The Balaban J connectivity index is 1.87. The molecule has 1 aromatic carbocycles. The Morgan fingerprint density at radius 3 is 2.84 bits per heavy atom. The Morgan fingerprint density at radius 2 is 2.16 bits per heavy atom. The standard InChI is InChI=1S/C16H21NO2/c1-10-4-3-5-13(10)16(19)11-6-7-14-12(8-11)9-15(18)17(14)2/h6-8,10,13,16,19H,3-5,9H2,1-2H3. The second-order valence-electron chi connectivity index (χ2n) is 6.03. The first-order valence-corrected chi connectivity index (χ1v) is 7.15. The van der Waals surface area contributed by atoms with Crippen molar-refractivity contribution in [2.45, 2.75) is 38.7 Å². The molecule has 3 unspecified atom stereocenters. The molecule has 0 radical (unpaired) electrons. The third-order valence-electron chi connectivity index (χ3n) is 4.86. The van der Waals surface area contributed by atoms with E-state index >= 15 is 0 Å². The average Bonchev–Trinajstić information content (AvgIpc) is 2.93. The van der Waals surface area contributed by atoms with Crippen molar-refractivity contribution < 1.29 is 9.90 Å². The van der Waals surface area contributed by atoms with E-state index in [0.717, 1.165) is 23.2 Å². The lowest BCUT2D eigenvalue weighted by molar-refractivity contribution is -0.117. The van der Waals surface area contributed by atoms with Gasteiger partial charge >= 0.3 is 0 Å². The molecule has 1 amide bonds. The van der Waals surface area contributed by atoms with Gasteiger partial charge in [-0.3, -0.25) is 4.79 Å². The van der Waals surface area contributed by atoms with Gasteiger partial charge in [-0.15, -0.1) is 0 Å². The molecule has 1 fully saturated rings. The number of hydrogen-bond donors (Lipinski definition) is 1. The highest BCUT2D eigenvalue weighted by atomic mass is 16.3. The first-order valence-electron chi connectivity index (χ1n) is 7.15. The number of rotatable bonds is 2. The van der Waals surface area contributed by atoms with Crippen molar-refractivity contribution in [1.82, 2.24) is 0 Å². The van der Waals surface area contributed by atoms with Crippen molar-refractivity contribution in [3.63, 3.8) is 0 Å². The van der Waals surface area contributed by atoms with Crippen LogP contribution in [0.4, 0.5) is 5.69 Å². The molecule has 102 valence electrons. The molecular weight excluding hydrogens is 238 g/mol. The third kappa shape index (κ3) is 2.06. The van der Waals surface area contributed by atoms with E-state index in [1.54, 1.807) is 4.90 Å². The Kier molecular flexibility index (Phi) is 3.09. The van der Waals surface area contributed by atoms with Gasteiger partial charge in [-0.1, -0.05) is 31.9 Å². The summed E-state index contributed by atoms with van der Waals surface area (Å²) in [5.41, 5.74) is 3.01. The summed E-state index contributed by atoms with van der Waals surface area (Å²) in [5.74, 6) is 1.09. The van der Waals surface area contributed by atoms with Crippen molar-refractivity contribution >= 4 is 11.6 Å². The smallest absolute Gasteiger partial charge is 0.231 e. The minimum Gasteiger partial charge on any atom is -0.388 e. The predicted molar refractivity (Wildman–Crippen MR) is 75.0 cm³/mol. The fraction of sp³-hybridized carbons (Fsp3) is 0.562. The maximum atomic E-state index is 11.7. The molecule has 0 aromatic heterocycles. The summed E-state index contributed by atoms with van der Waals surface area (Å²) in [6.07, 6.45) is 3.62. The molecule has 2 aliphatic rings. The van der Waals surface area contributed by atoms with Crippen molar-refractivity contribution in [3.8, 4) is 0 Å². The summed E-state index contributed by atoms with van der Waals surface area (Å²) in [6, 6.07) is 5.97. The van der Waals surface area contributed by atoms with Crippen LogP contribution >= 0.6 is 0 Å². The highest BCUT2D eigenvalue weighted by Crippen LogP contribution is 2.41. The first-order chi connectivity index (χ1) is 9.08. The Hall–Kier alpha value is -1.35. The first kappa shape index (κ1) is 12.7. The normalized spacial score (nSPS) is 27.7. The van der Waals surface area contributed by atoms with Gasteiger partial charge in [0.05, 0.1) is 12.5 Å². The summed E-state index contributed by atoms with van der Waals surface area (Å²) in [7, 11) is 1.81. The molecule has 1 aliphatic carbocycles. The second-order valence-corrected chi connectivity index (χ2v) is 6.03. The lowest BCUT2D eigenvalue weighted by atomic mass is 9.87. The van der Waals surface area contributed by atoms with Gasteiger partial charge in [-0.25, -0.2) is 0 Å². The zero-order valence-electron chi connectivity index (χ0n) is 11.6. The maximum Gasteiger partial charge on any atom is 0.231 e. The number of amides is 1. The lowest BCUT2D eigenvalue weighted by Gasteiger charge is -2.23. The van der Waals surface area contributed by atoms with Crippen LogP contribution in [0.5, 0.6) is 0 Å². The fourth-order valence-corrected chi connectivity index (χ4v) is 3.56. The van der Waals surface area contributed by atoms with Gasteiger partial charge in [0.2, 0.25) is 5.91 Å². The van der Waals surface area contributed by atoms with Crippen molar-refractivity contribution in [1.29, 1.82) is 0 Å². The van der Waals surface area contributed by atoms with Crippen molar-refractivity contribution in [2.75, 3.05) is 11.9 Å². The minimum atomic E-state index is -0.385. The highest BCUT2D eigenvalue weighted by molar-refractivity contribution is 6.00. The number of carbonyl (C=O) groups is 1. The van der Waals surface area contributed by atoms with Gasteiger partial charge in [0.25, 0.3) is 0 Å². The number of fused-ring (bicyclic) bond motifs is 1. The second kappa shape index (κ2) is 4.64. The minimum absolute atomic E-state index is 0.135. The molecule has 0 spiro atoms. The van der Waals surface area contributed by atoms with Crippen LogP contribution in [-0.2, 0) is 11.2 Å². The SMILES string of the molecule is CC1CCCC1C(O)c1ccc2c(c1)CC(=O)N2C. The third-order valence-corrected chi connectivity index (χ3v) is 4.86. The molecular formula is C16H21NO2. The summed E-state index contributed by atoms with van der Waals surface area (Å²) < 4.78 is 0. The number of benzene rings is 1. The van der Waals surface area contributed by atoms with E-state index in [1.165, 1.54) is 12.8 Å². The molecule has 19 heavy (non-hydrogen) atoms. The quantitative estimate of drug-likeness (QED) is 0.887. The molecule has 1 heterocycles. The lowest BCUT2D eigenvalue weighted by Crippen LogP contribution is -2.20. The highest BCUT2D eigenvalue weighted by Gasteiger charge is 2.32. The monoisotopic (exact) mass is 259 g/mol. The molecule has 3 nitrogen and oxygen atoms in total. The zero-order valence-corrected chi connectivity index (χ0v) is 11.6. The van der Waals surface area contributed by atoms with E-state index in [0.29, 0.717) is 18.3 Å². The molecule has 3 rings (SSSR count). The van der Waals surface area contributed by atoms with Gasteiger partial charge in [0, 0.05) is 12.7 Å². The summed E-state index contributed by atoms with van der Waals surface area (Å²) >= 11 is 0. The molecule has 1 aromatic rings. The van der Waals surface area contributed by atoms with Crippen molar-refractivity contribution in [2.24, 2.45) is 11.8 Å². The number of carbonyl (C=O) groups excluding carboxylic acids is 1. The fourth-order valence-electron chi connectivity index (χ4n) is 3.56. The van der Waals surface area contributed by atoms with Crippen LogP contribution in [0.1, 0.15) is 43.4 Å². The molecule has 3 heteroatoms. The Bertz CT molecular complexity index is 511. The summed E-state index contributed by atoms with van der Waals surface area (Å²) in [6.45, 7) is 2.23. The molecule has 3 atom stereocenters. The van der Waals surface area contributed by atoms with E-state index in [4.69, 9.17) is 0 Å². The van der Waals surface area contributed by atoms with E-state index in [1.807, 2.05) is 25.2 Å². The molecule has 1 saturated carbocycles. The Morgan fingerprint density at radius 1 is 1.37 bits per heavy atom. The van der Waals surface area contributed by atoms with E-state index in [-0.39, 0.29) is 12.0 Å². The Labute approximate surface area is 114 Å². The van der Waals surface area contributed by atoms with Gasteiger partial charge in [0.1, 0.15) is 0 Å². The van der Waals surface area contributed by atoms with Crippen LogP contribution in [0.3, 0.4) is 0 Å². The van der Waals surface area contributed by atoms with Crippen molar-refractivity contribution in [3.05, 3.63) is 29.3 Å². The summed E-state index contributed by atoms with van der Waals surface area (Å²) in [4.78, 5) is 13.4. The van der Waals surface area contributed by atoms with Gasteiger partial charge in [0.15, 0.2) is 0 Å². The number of hydrogen-bond acceptors (Lipinski definition) is 2. The van der Waals surface area contributed by atoms with Gasteiger partial charge in [-0.2, -0.15) is 0 Å².